The second-order valence-electron chi connectivity index (χ2n) is 3.29. The van der Waals surface area contributed by atoms with Crippen LogP contribution in [-0.4, -0.2) is 23.2 Å². The lowest BCUT2D eigenvalue weighted by Gasteiger charge is -2.06. The minimum absolute atomic E-state index is 0.0953. The number of aromatic nitrogens is 2. The molecule has 2 unspecified atom stereocenters. The predicted molar refractivity (Wildman–Crippen MR) is 43.8 cm³/mol. The third-order valence-electron chi connectivity index (χ3n) is 2.32. The molecule has 2 heterocycles. The van der Waals surface area contributed by atoms with Gasteiger partial charge in [0.25, 0.3) is 0 Å². The van der Waals surface area contributed by atoms with Crippen LogP contribution in [0, 0.1) is 12.8 Å². The molecule has 0 radical (unpaired) electrons. The Hall–Kier alpha value is -0.900. The molecule has 0 bridgehead atoms. The Bertz CT molecular complexity index is 289. The number of nitrogens with one attached hydrogen (secondary N) is 1. The van der Waals surface area contributed by atoms with E-state index in [4.69, 9.17) is 5.89 Å². The fraction of sp³-hybridized carbons (Fsp3) is 0.750. The van der Waals surface area contributed by atoms with Crippen molar-refractivity contribution >= 4 is 0 Å². The van der Waals surface area contributed by atoms with Gasteiger partial charge in [-0.05, 0) is 19.4 Å². The summed E-state index contributed by atoms with van der Waals surface area (Å²) < 4.78 is 12.2. The van der Waals surface area contributed by atoms with Gasteiger partial charge in [-0.1, -0.05) is 12.1 Å². The van der Waals surface area contributed by atoms with Crippen LogP contribution >= 0.6 is 0 Å². The van der Waals surface area contributed by atoms with E-state index in [9.17, 15) is 0 Å². The summed E-state index contributed by atoms with van der Waals surface area (Å²) in [6.45, 7) is 4.16. The molecule has 12 heavy (non-hydrogen) atoms. The third kappa shape index (κ3) is 1.22. The predicted octanol–water partition coefficient (Wildman–Crippen LogP) is 0.701. The second-order valence-corrected chi connectivity index (χ2v) is 3.29. The molecule has 0 aromatic carbocycles. The lowest BCUT2D eigenvalue weighted by molar-refractivity contribution is 0.337. The van der Waals surface area contributed by atoms with Crippen LogP contribution < -0.4 is 5.32 Å². The Kier molecular flexibility index (Phi) is 1.57. The quantitative estimate of drug-likeness (QED) is 0.670. The van der Waals surface area contributed by atoms with Gasteiger partial charge in [-0.15, -0.1) is 0 Å². The fourth-order valence-corrected chi connectivity index (χ4v) is 1.56. The van der Waals surface area contributed by atoms with Crippen LogP contribution in [0.3, 0.4) is 0 Å². The Morgan fingerprint density at radius 3 is 3.17 bits per heavy atom. The molecule has 1 aliphatic heterocycles. The lowest BCUT2D eigenvalue weighted by atomic mass is 9.98. The van der Waals surface area contributed by atoms with E-state index in [0.717, 1.165) is 13.1 Å². The smallest absolute Gasteiger partial charge is 0.231 e. The van der Waals surface area contributed by atoms with Crippen LogP contribution in [0.1, 0.15) is 25.9 Å². The Morgan fingerprint density at radius 2 is 2.58 bits per heavy atom. The van der Waals surface area contributed by atoms with Gasteiger partial charge >= 0.3 is 0 Å². The Labute approximate surface area is 72.8 Å². The van der Waals surface area contributed by atoms with Gasteiger partial charge in [0, 0.05) is 7.92 Å². The molecule has 0 amide bonds. The summed E-state index contributed by atoms with van der Waals surface area (Å²) in [4.78, 5) is 4.16. The fourth-order valence-electron chi connectivity index (χ4n) is 1.56. The molecule has 1 fully saturated rings. The number of rotatable bonds is 1. The average Bonchev–Trinajstić information content (AvgIpc) is 2.71. The number of aryl methyl sites for hydroxylation is 1. The molecule has 4 nitrogen and oxygen atoms in total. The van der Waals surface area contributed by atoms with Gasteiger partial charge in [0.1, 0.15) is 0 Å². The van der Waals surface area contributed by atoms with Crippen LogP contribution in [0.4, 0.5) is 0 Å². The van der Waals surface area contributed by atoms with Gasteiger partial charge in [0.05, 0.1) is 5.92 Å². The zero-order valence-corrected chi connectivity index (χ0v) is 7.08. The minimum atomic E-state index is 0.0953. The highest BCUT2D eigenvalue weighted by Gasteiger charge is 2.28. The number of hydrogen-bond acceptors (Lipinski definition) is 4. The van der Waals surface area contributed by atoms with E-state index in [2.05, 4.69) is 22.4 Å². The topological polar surface area (TPSA) is 51.0 Å². The van der Waals surface area contributed by atoms with E-state index in [0.29, 0.717) is 23.6 Å². The molecule has 1 aromatic heterocycles. The molecule has 2 atom stereocenters. The third-order valence-corrected chi connectivity index (χ3v) is 2.32. The summed E-state index contributed by atoms with van der Waals surface area (Å²) in [7, 11) is 0. The molecule has 0 saturated carbocycles. The van der Waals surface area contributed by atoms with Crippen LogP contribution in [0.15, 0.2) is 4.52 Å². The van der Waals surface area contributed by atoms with Gasteiger partial charge in [-0.25, -0.2) is 0 Å². The normalized spacial score (nSPS) is 30.6. The zero-order chi connectivity index (χ0) is 9.26. The Morgan fingerprint density at radius 1 is 1.67 bits per heavy atom. The van der Waals surface area contributed by atoms with Crippen LogP contribution in [-0.2, 0) is 0 Å². The first kappa shape index (κ1) is 6.60. The van der Waals surface area contributed by atoms with Gasteiger partial charge in [0.2, 0.25) is 5.89 Å². The summed E-state index contributed by atoms with van der Waals surface area (Å²) in [5.41, 5.74) is 0. The molecular weight excluding hydrogens is 154 g/mol. The van der Waals surface area contributed by atoms with E-state index in [-0.39, 0.29) is 6.90 Å². The average molecular weight is 168 g/mol. The first-order chi connectivity index (χ1) is 6.31. The van der Waals surface area contributed by atoms with Gasteiger partial charge in [-0.3, -0.25) is 0 Å². The Balaban J connectivity index is 2.15. The van der Waals surface area contributed by atoms with Crippen molar-refractivity contribution in [1.29, 1.82) is 0 Å². The highest BCUT2D eigenvalue weighted by atomic mass is 16.5. The standard InChI is InChI=1S/C8H13N3O/c1-5-3-9-4-7(5)8-10-6(2)11-12-8/h5,7,9H,3-4H2,1-2H3/i2D. The summed E-state index contributed by atoms with van der Waals surface area (Å²) in [5.74, 6) is 2.03. The zero-order valence-electron chi connectivity index (χ0n) is 8.08. The van der Waals surface area contributed by atoms with Gasteiger partial charge in [0.15, 0.2) is 5.82 Å². The molecular formula is C8H13N3O. The molecule has 1 N–H and O–H groups in total. The van der Waals surface area contributed by atoms with Gasteiger partial charge < -0.3 is 9.84 Å². The van der Waals surface area contributed by atoms with E-state index < -0.39 is 0 Å². The van der Waals surface area contributed by atoms with Crippen molar-refractivity contribution in [3.05, 3.63) is 11.7 Å². The maximum Gasteiger partial charge on any atom is 0.231 e. The summed E-state index contributed by atoms with van der Waals surface area (Å²) in [6.07, 6.45) is 0. The van der Waals surface area contributed by atoms with Crippen molar-refractivity contribution in [3.8, 4) is 0 Å². The largest absolute Gasteiger partial charge is 0.339 e. The maximum atomic E-state index is 7.08. The van der Waals surface area contributed by atoms with E-state index in [1.165, 1.54) is 0 Å². The number of nitrogens with zero attached hydrogens (tertiary/aromatic N) is 2. The van der Waals surface area contributed by atoms with Crippen LogP contribution in [0.2, 0.25) is 0 Å². The van der Waals surface area contributed by atoms with Crippen molar-refractivity contribution < 1.29 is 5.89 Å². The van der Waals surface area contributed by atoms with E-state index >= 15 is 0 Å². The molecule has 0 aliphatic carbocycles. The number of hydrogen-bond donors (Lipinski definition) is 1. The molecule has 1 saturated heterocycles. The summed E-state index contributed by atoms with van der Waals surface area (Å²) >= 11 is 0. The van der Waals surface area contributed by atoms with Crippen molar-refractivity contribution in [1.82, 2.24) is 15.5 Å². The van der Waals surface area contributed by atoms with E-state index in [1.54, 1.807) is 0 Å². The maximum absolute atomic E-state index is 7.08. The van der Waals surface area contributed by atoms with Gasteiger partial charge in [-0.2, -0.15) is 4.98 Å². The molecule has 1 aromatic rings. The molecule has 4 heteroatoms. The van der Waals surface area contributed by atoms with Crippen molar-refractivity contribution in [3.63, 3.8) is 0 Å². The summed E-state index contributed by atoms with van der Waals surface area (Å²) in [6, 6.07) is 0. The molecule has 66 valence electrons. The lowest BCUT2D eigenvalue weighted by Crippen LogP contribution is -2.08. The van der Waals surface area contributed by atoms with Crippen molar-refractivity contribution in [2.45, 2.75) is 19.7 Å². The monoisotopic (exact) mass is 168 g/mol. The first-order valence-corrected chi connectivity index (χ1v) is 4.13. The second kappa shape index (κ2) is 2.86. The van der Waals surface area contributed by atoms with Crippen LogP contribution in [0.5, 0.6) is 0 Å². The molecule has 1 aliphatic rings. The minimum Gasteiger partial charge on any atom is -0.339 e. The first-order valence-electron chi connectivity index (χ1n) is 4.84. The van der Waals surface area contributed by atoms with Crippen LogP contribution in [0.25, 0.3) is 0 Å². The molecule has 0 spiro atoms. The van der Waals surface area contributed by atoms with E-state index in [1.807, 2.05) is 0 Å². The molecule has 2 rings (SSSR count). The highest BCUT2D eigenvalue weighted by molar-refractivity contribution is 4.99. The summed E-state index contributed by atoms with van der Waals surface area (Å²) in [5, 5.41) is 6.99. The SMILES string of the molecule is [2H]Cc1noc(C2CNCC2C)n1. The van der Waals surface area contributed by atoms with Crippen molar-refractivity contribution in [2.24, 2.45) is 5.92 Å². The van der Waals surface area contributed by atoms with Crippen molar-refractivity contribution in [2.75, 3.05) is 13.1 Å². The highest BCUT2D eigenvalue weighted by Crippen LogP contribution is 2.25.